The molecule has 6 heteroatoms. The zero-order valence-electron chi connectivity index (χ0n) is 10.5. The van der Waals surface area contributed by atoms with Crippen LogP contribution in [0.25, 0.3) is 0 Å². The second kappa shape index (κ2) is 7.56. The number of aryl methyl sites for hydroxylation is 1. The van der Waals surface area contributed by atoms with Crippen LogP contribution < -0.4 is 5.32 Å². The molecule has 0 unspecified atom stereocenters. The van der Waals surface area contributed by atoms with Gasteiger partial charge in [-0.25, -0.2) is 0 Å². The molecule has 1 fully saturated rings. The Bertz CT molecular complexity index is 401. The summed E-state index contributed by atoms with van der Waals surface area (Å²) in [5.41, 5.74) is 1.71. The minimum atomic E-state index is 0. The number of aromatic nitrogens is 1. The molecule has 1 saturated heterocycles. The standard InChI is InChI=1S/C12H17N3O.2ClH/c1-9-5-11(8-14-6-9)12(16)15-4-3-13-7-10(15)2;;/h5-6,8,10,13H,3-4,7H2,1-2H3;2*1H/t10-;;/m1../s1. The minimum Gasteiger partial charge on any atom is -0.333 e. The molecule has 1 atom stereocenters. The first kappa shape index (κ1) is 17.2. The molecule has 1 aromatic heterocycles. The lowest BCUT2D eigenvalue weighted by Gasteiger charge is -2.34. The molecule has 1 aromatic rings. The van der Waals surface area contributed by atoms with E-state index < -0.39 is 0 Å². The maximum absolute atomic E-state index is 12.2. The van der Waals surface area contributed by atoms with Gasteiger partial charge >= 0.3 is 0 Å². The molecule has 1 aliphatic rings. The Morgan fingerprint density at radius 2 is 2.17 bits per heavy atom. The van der Waals surface area contributed by atoms with Crippen molar-refractivity contribution >= 4 is 30.7 Å². The Hall–Kier alpha value is -0.840. The molecule has 2 rings (SSSR count). The molecule has 18 heavy (non-hydrogen) atoms. The number of pyridine rings is 1. The van der Waals surface area contributed by atoms with E-state index in [1.54, 1.807) is 12.4 Å². The highest BCUT2D eigenvalue weighted by Crippen LogP contribution is 2.10. The van der Waals surface area contributed by atoms with Gasteiger partial charge in [-0.15, -0.1) is 24.8 Å². The molecule has 0 aromatic carbocycles. The Balaban J connectivity index is 0.00000144. The number of carbonyl (C=O) groups excluding carboxylic acids is 1. The van der Waals surface area contributed by atoms with Gasteiger partial charge in [-0.3, -0.25) is 9.78 Å². The van der Waals surface area contributed by atoms with Crippen molar-refractivity contribution in [3.05, 3.63) is 29.6 Å². The molecule has 1 N–H and O–H groups in total. The number of hydrogen-bond acceptors (Lipinski definition) is 3. The quantitative estimate of drug-likeness (QED) is 0.856. The van der Waals surface area contributed by atoms with Crippen LogP contribution in [0.1, 0.15) is 22.8 Å². The fourth-order valence-corrected chi connectivity index (χ4v) is 1.98. The number of piperazine rings is 1. The van der Waals surface area contributed by atoms with Crippen LogP contribution in [0.4, 0.5) is 0 Å². The van der Waals surface area contributed by atoms with Crippen molar-refractivity contribution in [1.82, 2.24) is 15.2 Å². The Morgan fingerprint density at radius 3 is 2.78 bits per heavy atom. The maximum Gasteiger partial charge on any atom is 0.255 e. The molecule has 0 radical (unpaired) electrons. The number of nitrogens with zero attached hydrogens (tertiary/aromatic N) is 2. The van der Waals surface area contributed by atoms with Crippen LogP contribution in [0.3, 0.4) is 0 Å². The van der Waals surface area contributed by atoms with Gasteiger partial charge in [0.15, 0.2) is 0 Å². The molecule has 1 amide bonds. The monoisotopic (exact) mass is 291 g/mol. The number of nitrogens with one attached hydrogen (secondary N) is 1. The summed E-state index contributed by atoms with van der Waals surface area (Å²) in [7, 11) is 0. The zero-order valence-corrected chi connectivity index (χ0v) is 12.2. The van der Waals surface area contributed by atoms with E-state index in [9.17, 15) is 4.79 Å². The fourth-order valence-electron chi connectivity index (χ4n) is 1.98. The summed E-state index contributed by atoms with van der Waals surface area (Å²) in [5, 5.41) is 3.27. The van der Waals surface area contributed by atoms with E-state index >= 15 is 0 Å². The van der Waals surface area contributed by atoms with Gasteiger partial charge in [0.25, 0.3) is 5.91 Å². The van der Waals surface area contributed by atoms with Crippen LogP contribution in [0, 0.1) is 6.92 Å². The molecule has 2 heterocycles. The van der Waals surface area contributed by atoms with E-state index in [0.717, 1.165) is 25.2 Å². The third-order valence-corrected chi connectivity index (χ3v) is 2.88. The van der Waals surface area contributed by atoms with Gasteiger partial charge in [-0.05, 0) is 25.5 Å². The lowest BCUT2D eigenvalue weighted by Crippen LogP contribution is -2.52. The molecule has 0 saturated carbocycles. The third-order valence-electron chi connectivity index (χ3n) is 2.88. The van der Waals surface area contributed by atoms with Gasteiger partial charge in [-0.1, -0.05) is 0 Å². The van der Waals surface area contributed by atoms with Gasteiger partial charge in [0.05, 0.1) is 5.56 Å². The lowest BCUT2D eigenvalue weighted by atomic mass is 10.1. The van der Waals surface area contributed by atoms with Gasteiger partial charge in [-0.2, -0.15) is 0 Å². The van der Waals surface area contributed by atoms with Crippen molar-refractivity contribution in [2.24, 2.45) is 0 Å². The van der Waals surface area contributed by atoms with E-state index in [2.05, 4.69) is 17.2 Å². The third kappa shape index (κ3) is 3.83. The van der Waals surface area contributed by atoms with Crippen molar-refractivity contribution in [3.63, 3.8) is 0 Å². The van der Waals surface area contributed by atoms with Gasteiger partial charge < -0.3 is 10.2 Å². The van der Waals surface area contributed by atoms with Crippen LogP contribution in [-0.4, -0.2) is 41.5 Å². The second-order valence-electron chi connectivity index (χ2n) is 4.30. The summed E-state index contributed by atoms with van der Waals surface area (Å²) in [6, 6.07) is 2.14. The van der Waals surface area contributed by atoms with E-state index in [4.69, 9.17) is 0 Å². The first-order chi connectivity index (χ1) is 7.68. The molecule has 4 nitrogen and oxygen atoms in total. The molecule has 1 aliphatic heterocycles. The van der Waals surface area contributed by atoms with Crippen LogP contribution in [0.5, 0.6) is 0 Å². The number of carbonyl (C=O) groups is 1. The smallest absolute Gasteiger partial charge is 0.255 e. The summed E-state index contributed by atoms with van der Waals surface area (Å²) in [5.74, 6) is 0.0881. The minimum absolute atomic E-state index is 0. The molecule has 0 bridgehead atoms. The normalized spacial score (nSPS) is 18.6. The first-order valence-electron chi connectivity index (χ1n) is 5.62. The van der Waals surface area contributed by atoms with Gasteiger partial charge in [0, 0.05) is 38.1 Å². The van der Waals surface area contributed by atoms with E-state index in [-0.39, 0.29) is 36.8 Å². The summed E-state index contributed by atoms with van der Waals surface area (Å²) in [6.45, 7) is 6.52. The highest BCUT2D eigenvalue weighted by Gasteiger charge is 2.23. The van der Waals surface area contributed by atoms with E-state index in [1.807, 2.05) is 17.9 Å². The topological polar surface area (TPSA) is 45.2 Å². The largest absolute Gasteiger partial charge is 0.333 e. The Kier molecular flexibility index (Phi) is 7.21. The Morgan fingerprint density at radius 1 is 1.44 bits per heavy atom. The number of rotatable bonds is 1. The van der Waals surface area contributed by atoms with E-state index in [0.29, 0.717) is 5.56 Å². The molecule has 0 spiro atoms. The SMILES string of the molecule is Cc1cncc(C(=O)N2CCNC[C@H]2C)c1.Cl.Cl. The number of hydrogen-bond donors (Lipinski definition) is 1. The summed E-state index contributed by atoms with van der Waals surface area (Å²) in [4.78, 5) is 18.2. The number of amides is 1. The van der Waals surface area contributed by atoms with Crippen molar-refractivity contribution in [3.8, 4) is 0 Å². The van der Waals surface area contributed by atoms with Crippen LogP contribution in [0.2, 0.25) is 0 Å². The predicted octanol–water partition coefficient (Wildman–Crippen LogP) is 1.67. The van der Waals surface area contributed by atoms with Crippen LogP contribution in [0.15, 0.2) is 18.5 Å². The zero-order chi connectivity index (χ0) is 11.5. The van der Waals surface area contributed by atoms with E-state index in [1.165, 1.54) is 0 Å². The second-order valence-corrected chi connectivity index (χ2v) is 4.30. The fraction of sp³-hybridized carbons (Fsp3) is 0.500. The van der Waals surface area contributed by atoms with Crippen LogP contribution >= 0.6 is 24.8 Å². The average molecular weight is 292 g/mol. The van der Waals surface area contributed by atoms with Crippen molar-refractivity contribution in [2.75, 3.05) is 19.6 Å². The van der Waals surface area contributed by atoms with Gasteiger partial charge in [0.2, 0.25) is 0 Å². The maximum atomic E-state index is 12.2. The Labute approximate surface area is 120 Å². The number of halogens is 2. The summed E-state index contributed by atoms with van der Waals surface area (Å²) in [6.07, 6.45) is 3.40. The first-order valence-corrected chi connectivity index (χ1v) is 5.62. The summed E-state index contributed by atoms with van der Waals surface area (Å²) >= 11 is 0. The molecule has 0 aliphatic carbocycles. The van der Waals surface area contributed by atoms with Gasteiger partial charge in [0.1, 0.15) is 0 Å². The van der Waals surface area contributed by atoms with Crippen molar-refractivity contribution in [1.29, 1.82) is 0 Å². The highest BCUT2D eigenvalue weighted by atomic mass is 35.5. The molecule has 102 valence electrons. The summed E-state index contributed by atoms with van der Waals surface area (Å²) < 4.78 is 0. The predicted molar refractivity (Wildman–Crippen MR) is 76.8 cm³/mol. The molecular formula is C12H19Cl2N3O. The highest BCUT2D eigenvalue weighted by molar-refractivity contribution is 5.94. The lowest BCUT2D eigenvalue weighted by molar-refractivity contribution is 0.0655. The van der Waals surface area contributed by atoms with Crippen molar-refractivity contribution < 1.29 is 4.79 Å². The molecular weight excluding hydrogens is 273 g/mol. The van der Waals surface area contributed by atoms with Crippen molar-refractivity contribution in [2.45, 2.75) is 19.9 Å². The average Bonchev–Trinajstić information content (AvgIpc) is 2.29. The van der Waals surface area contributed by atoms with Crippen LogP contribution in [-0.2, 0) is 0 Å².